The number of carbonyl (C=O) groups excluding carboxylic acids is 5. The van der Waals surface area contributed by atoms with E-state index in [-0.39, 0.29) is 33.4 Å². The van der Waals surface area contributed by atoms with Crippen molar-refractivity contribution in [1.29, 1.82) is 0 Å². The molecular formula is C65H42O5. The molecule has 0 N–H and O–H groups in total. The fraction of sp³-hybridized carbons (Fsp3) is 0. The van der Waals surface area contributed by atoms with E-state index in [9.17, 15) is 19.2 Å². The fourth-order valence-electron chi connectivity index (χ4n) is 9.03. The largest absolute Gasteiger partial charge is 0.289 e. The summed E-state index contributed by atoms with van der Waals surface area (Å²) in [5.74, 6) is -2.17. The van der Waals surface area contributed by atoms with Gasteiger partial charge < -0.3 is 0 Å². The Balaban J connectivity index is 1.15. The van der Waals surface area contributed by atoms with Gasteiger partial charge in [0.05, 0.1) is 0 Å². The standard InChI is InChI=1S/C65H42O5/c66-61(47-37-49(62(67)57-33-17-13-29-53(57)43-21-5-1-6-22-43)41-50(38-47)63(68)58-34-18-14-30-54(58)44-23-7-2-8-24-44)48-39-51(64(69)59-35-19-15-31-55(59)45-25-9-3-10-26-45)42-52(40-48)65(70)60-36-20-16-32-56(60)46-27-11-4-12-28-46/h1-42H. The first kappa shape index (κ1) is 44.4. The quantitative estimate of drug-likeness (QED) is 0.101. The van der Waals surface area contributed by atoms with Gasteiger partial charge in [-0.1, -0.05) is 218 Å². The SMILES string of the molecule is O=C(c1cc(C(=O)c2ccccc2-c2ccccc2)cc(C(=O)c2ccccc2-c2ccccc2)c1)c1cc(C(=O)c2ccccc2-c2ccccc2)cc(C(=O)c2ccccc2-c2ccccc2)c1. The molecule has 0 saturated carbocycles. The highest BCUT2D eigenvalue weighted by molar-refractivity contribution is 6.22. The molecule has 70 heavy (non-hydrogen) atoms. The molecule has 0 bridgehead atoms. The average Bonchev–Trinajstić information content (AvgIpc) is 3.44. The zero-order chi connectivity index (χ0) is 48.0. The van der Waals surface area contributed by atoms with E-state index in [1.54, 1.807) is 60.7 Å². The Hall–Kier alpha value is -9.45. The summed E-state index contributed by atoms with van der Waals surface area (Å²) in [7, 11) is 0. The molecule has 0 amide bonds. The van der Waals surface area contributed by atoms with Gasteiger partial charge in [0.15, 0.2) is 28.9 Å². The summed E-state index contributed by atoms with van der Waals surface area (Å²) >= 11 is 0. The lowest BCUT2D eigenvalue weighted by Gasteiger charge is -2.15. The van der Waals surface area contributed by atoms with Crippen molar-refractivity contribution in [3.63, 3.8) is 0 Å². The van der Waals surface area contributed by atoms with Gasteiger partial charge in [-0.15, -0.1) is 0 Å². The van der Waals surface area contributed by atoms with E-state index in [1.165, 1.54) is 24.3 Å². The number of ketones is 5. The molecule has 10 aromatic carbocycles. The van der Waals surface area contributed by atoms with E-state index in [0.717, 1.165) is 22.3 Å². The van der Waals surface area contributed by atoms with Crippen molar-refractivity contribution >= 4 is 28.9 Å². The van der Waals surface area contributed by atoms with E-state index in [2.05, 4.69) is 0 Å². The van der Waals surface area contributed by atoms with Crippen molar-refractivity contribution in [1.82, 2.24) is 0 Å². The molecule has 0 heterocycles. The van der Waals surface area contributed by atoms with Crippen LogP contribution in [-0.2, 0) is 0 Å². The van der Waals surface area contributed by atoms with Crippen molar-refractivity contribution in [2.45, 2.75) is 0 Å². The van der Waals surface area contributed by atoms with Crippen LogP contribution in [0.5, 0.6) is 0 Å². The fourth-order valence-corrected chi connectivity index (χ4v) is 9.03. The summed E-state index contributed by atoms with van der Waals surface area (Å²) in [6, 6.07) is 76.2. The molecule has 0 aliphatic carbocycles. The molecule has 5 nitrogen and oxygen atoms in total. The zero-order valence-corrected chi connectivity index (χ0v) is 37.8. The Morgan fingerprint density at radius 1 is 0.186 bits per heavy atom. The second-order valence-electron chi connectivity index (χ2n) is 16.9. The van der Waals surface area contributed by atoms with Crippen molar-refractivity contribution in [2.75, 3.05) is 0 Å². The Morgan fingerprint density at radius 3 is 0.571 bits per heavy atom. The van der Waals surface area contributed by atoms with Crippen LogP contribution in [-0.4, -0.2) is 28.9 Å². The smallest absolute Gasteiger partial charge is 0.193 e. The van der Waals surface area contributed by atoms with Crippen LogP contribution in [0.25, 0.3) is 44.5 Å². The second kappa shape index (κ2) is 19.8. The van der Waals surface area contributed by atoms with Crippen LogP contribution in [0.15, 0.2) is 255 Å². The van der Waals surface area contributed by atoms with Crippen LogP contribution in [0.3, 0.4) is 0 Å². The summed E-state index contributed by atoms with van der Waals surface area (Å²) in [5.41, 5.74) is 8.13. The maximum Gasteiger partial charge on any atom is 0.193 e. The Bertz CT molecular complexity index is 3150. The van der Waals surface area contributed by atoms with Gasteiger partial charge in [-0.3, -0.25) is 24.0 Å². The lowest BCUT2D eigenvalue weighted by molar-refractivity contribution is 0.102. The minimum atomic E-state index is -0.590. The van der Waals surface area contributed by atoms with Gasteiger partial charge in [0.25, 0.3) is 0 Å². The number of hydrogen-bond acceptors (Lipinski definition) is 5. The van der Waals surface area contributed by atoms with E-state index >= 15 is 4.79 Å². The maximum absolute atomic E-state index is 15.4. The maximum atomic E-state index is 15.4. The van der Waals surface area contributed by atoms with Crippen LogP contribution in [0.2, 0.25) is 0 Å². The van der Waals surface area contributed by atoms with E-state index < -0.39 is 28.9 Å². The number of benzene rings is 10. The highest BCUT2D eigenvalue weighted by atomic mass is 16.1. The first-order chi connectivity index (χ1) is 34.3. The second-order valence-corrected chi connectivity index (χ2v) is 16.9. The molecular weight excluding hydrogens is 861 g/mol. The summed E-state index contributed by atoms with van der Waals surface area (Å²) in [5, 5.41) is 0. The number of hydrogen-bond donors (Lipinski definition) is 0. The summed E-state index contributed by atoms with van der Waals surface area (Å²) in [4.78, 5) is 75.2. The molecule has 0 aliphatic heterocycles. The summed E-state index contributed by atoms with van der Waals surface area (Å²) in [6.45, 7) is 0. The highest BCUT2D eigenvalue weighted by Crippen LogP contribution is 2.33. The monoisotopic (exact) mass is 902 g/mol. The molecule has 0 aliphatic rings. The van der Waals surface area contributed by atoms with Gasteiger partial charge in [0.2, 0.25) is 0 Å². The minimum Gasteiger partial charge on any atom is -0.289 e. The lowest BCUT2D eigenvalue weighted by atomic mass is 9.86. The predicted octanol–water partition coefficient (Wildman–Crippen LogP) is 14.5. The van der Waals surface area contributed by atoms with Crippen molar-refractivity contribution in [2.24, 2.45) is 0 Å². The molecule has 0 aromatic heterocycles. The van der Waals surface area contributed by atoms with Gasteiger partial charge in [-0.05, 0) is 80.9 Å². The van der Waals surface area contributed by atoms with Gasteiger partial charge in [-0.2, -0.15) is 0 Å². The Morgan fingerprint density at radius 2 is 0.357 bits per heavy atom. The molecule has 10 rings (SSSR count). The van der Waals surface area contributed by atoms with Gasteiger partial charge in [-0.25, -0.2) is 0 Å². The first-order valence-electron chi connectivity index (χ1n) is 22.9. The van der Waals surface area contributed by atoms with E-state index in [0.29, 0.717) is 44.5 Å². The van der Waals surface area contributed by atoms with Gasteiger partial charge >= 0.3 is 0 Å². The molecule has 0 unspecified atom stereocenters. The van der Waals surface area contributed by atoms with Gasteiger partial charge in [0, 0.05) is 55.6 Å². The van der Waals surface area contributed by atoms with Crippen molar-refractivity contribution in [3.8, 4) is 44.5 Å². The molecule has 0 atom stereocenters. The molecule has 10 aromatic rings. The summed E-state index contributed by atoms with van der Waals surface area (Å²) < 4.78 is 0. The molecule has 0 fully saturated rings. The zero-order valence-electron chi connectivity index (χ0n) is 37.8. The van der Waals surface area contributed by atoms with Crippen LogP contribution < -0.4 is 0 Å². The number of rotatable bonds is 14. The third-order valence-corrected chi connectivity index (χ3v) is 12.5. The van der Waals surface area contributed by atoms with Crippen molar-refractivity contribution < 1.29 is 24.0 Å². The van der Waals surface area contributed by atoms with E-state index in [4.69, 9.17) is 0 Å². The van der Waals surface area contributed by atoms with Crippen molar-refractivity contribution in [3.05, 3.63) is 310 Å². The highest BCUT2D eigenvalue weighted by Gasteiger charge is 2.26. The molecule has 0 saturated heterocycles. The normalized spacial score (nSPS) is 10.9. The Kier molecular flexibility index (Phi) is 12.6. The predicted molar refractivity (Wildman–Crippen MR) is 278 cm³/mol. The molecule has 332 valence electrons. The lowest BCUT2D eigenvalue weighted by Crippen LogP contribution is -2.14. The number of carbonyl (C=O) groups is 5. The molecule has 0 radical (unpaired) electrons. The minimum absolute atomic E-state index is 0.0287. The van der Waals surface area contributed by atoms with Crippen LogP contribution in [0, 0.1) is 0 Å². The topological polar surface area (TPSA) is 85.3 Å². The third kappa shape index (κ3) is 9.03. The van der Waals surface area contributed by atoms with Crippen LogP contribution >= 0.6 is 0 Å². The first-order valence-corrected chi connectivity index (χ1v) is 22.9. The third-order valence-electron chi connectivity index (χ3n) is 12.5. The molecule has 0 spiro atoms. The van der Waals surface area contributed by atoms with Gasteiger partial charge in [0.1, 0.15) is 0 Å². The average molecular weight is 903 g/mol. The summed E-state index contributed by atoms with van der Waals surface area (Å²) in [6.07, 6.45) is 0. The van der Waals surface area contributed by atoms with Crippen LogP contribution in [0.4, 0.5) is 0 Å². The van der Waals surface area contributed by atoms with E-state index in [1.807, 2.05) is 170 Å². The molecule has 5 heteroatoms. The van der Waals surface area contributed by atoms with Crippen LogP contribution in [0.1, 0.15) is 79.6 Å². The Labute approximate surface area is 406 Å².